The Morgan fingerprint density at radius 3 is 2.28 bits per heavy atom. The third kappa shape index (κ3) is 5.68. The number of carbonyl (C=O) groups is 2. The zero-order chi connectivity index (χ0) is 23.3. The monoisotopic (exact) mass is 477 g/mol. The molecule has 32 heavy (non-hydrogen) atoms. The van der Waals surface area contributed by atoms with E-state index in [-0.39, 0.29) is 41.8 Å². The number of halogens is 1. The smallest absolute Gasteiger partial charge is 0.252 e. The highest BCUT2D eigenvalue weighted by Crippen LogP contribution is 2.30. The number of anilines is 1. The molecule has 0 spiro atoms. The van der Waals surface area contributed by atoms with Gasteiger partial charge in [0.1, 0.15) is 0 Å². The number of carbonyl (C=O) groups excluding carboxylic acids is 2. The molecule has 0 aliphatic carbocycles. The first kappa shape index (κ1) is 24.2. The van der Waals surface area contributed by atoms with Crippen LogP contribution in [0.15, 0.2) is 53.4 Å². The highest BCUT2D eigenvalue weighted by Gasteiger charge is 2.35. The summed E-state index contributed by atoms with van der Waals surface area (Å²) in [5.74, 6) is -0.641. The highest BCUT2D eigenvalue weighted by atomic mass is 35.5. The standard InChI is InChI=1S/C23H28ClN3O4S/c1-16-6-5-7-17(2)27(16)32(30,31)19-12-10-18(11-13-19)26-22(28)14-15-25-23(29)20-8-3-4-9-21(20)24/h3-4,8-13,16-17H,5-7,14-15H2,1-2H3,(H,25,29)(H,26,28). The summed E-state index contributed by atoms with van der Waals surface area (Å²) in [5.41, 5.74) is 0.842. The summed E-state index contributed by atoms with van der Waals surface area (Å²) in [6.07, 6.45) is 2.80. The lowest BCUT2D eigenvalue weighted by Crippen LogP contribution is -2.47. The van der Waals surface area contributed by atoms with Gasteiger partial charge in [0.05, 0.1) is 15.5 Å². The molecule has 172 valence electrons. The fraction of sp³-hybridized carbons (Fsp3) is 0.391. The van der Waals surface area contributed by atoms with Crippen LogP contribution in [0.1, 0.15) is 49.9 Å². The van der Waals surface area contributed by atoms with Crippen LogP contribution in [0.3, 0.4) is 0 Å². The van der Waals surface area contributed by atoms with E-state index in [0.717, 1.165) is 19.3 Å². The normalized spacial score (nSPS) is 19.3. The third-order valence-electron chi connectivity index (χ3n) is 5.58. The minimum atomic E-state index is -3.60. The number of benzene rings is 2. The second-order valence-electron chi connectivity index (χ2n) is 8.02. The van der Waals surface area contributed by atoms with Crippen molar-refractivity contribution >= 4 is 39.1 Å². The number of hydrogen-bond donors (Lipinski definition) is 2. The van der Waals surface area contributed by atoms with Crippen LogP contribution >= 0.6 is 11.6 Å². The molecule has 1 fully saturated rings. The molecule has 9 heteroatoms. The van der Waals surface area contributed by atoms with Gasteiger partial charge < -0.3 is 10.6 Å². The quantitative estimate of drug-likeness (QED) is 0.628. The Balaban J connectivity index is 1.54. The van der Waals surface area contributed by atoms with Gasteiger partial charge in [-0.1, -0.05) is 30.2 Å². The first-order chi connectivity index (χ1) is 15.2. The maximum atomic E-state index is 13.1. The second kappa shape index (κ2) is 10.5. The number of piperidine rings is 1. The lowest BCUT2D eigenvalue weighted by molar-refractivity contribution is -0.116. The van der Waals surface area contributed by atoms with Crippen molar-refractivity contribution in [2.24, 2.45) is 0 Å². The summed E-state index contributed by atoms with van der Waals surface area (Å²) in [5, 5.41) is 5.72. The molecule has 0 radical (unpaired) electrons. The van der Waals surface area contributed by atoms with Gasteiger partial charge in [0.15, 0.2) is 0 Å². The van der Waals surface area contributed by atoms with Gasteiger partial charge in [-0.05, 0) is 63.1 Å². The van der Waals surface area contributed by atoms with E-state index in [4.69, 9.17) is 11.6 Å². The lowest BCUT2D eigenvalue weighted by atomic mass is 10.0. The van der Waals surface area contributed by atoms with Crippen LogP contribution in [0.5, 0.6) is 0 Å². The van der Waals surface area contributed by atoms with E-state index < -0.39 is 10.0 Å². The van der Waals surface area contributed by atoms with Crippen LogP contribution in [0, 0.1) is 0 Å². The van der Waals surface area contributed by atoms with E-state index in [0.29, 0.717) is 16.3 Å². The van der Waals surface area contributed by atoms with Gasteiger partial charge in [0, 0.05) is 30.7 Å². The van der Waals surface area contributed by atoms with Crippen molar-refractivity contribution < 1.29 is 18.0 Å². The largest absolute Gasteiger partial charge is 0.351 e. The number of nitrogens with one attached hydrogen (secondary N) is 2. The van der Waals surface area contributed by atoms with Gasteiger partial charge in [0.2, 0.25) is 15.9 Å². The van der Waals surface area contributed by atoms with Crippen LogP contribution in [-0.4, -0.2) is 43.2 Å². The molecule has 0 saturated carbocycles. The van der Waals surface area contributed by atoms with Crippen molar-refractivity contribution in [3.63, 3.8) is 0 Å². The van der Waals surface area contributed by atoms with Crippen molar-refractivity contribution in [1.29, 1.82) is 0 Å². The Bertz CT molecular complexity index is 1060. The third-order valence-corrected chi connectivity index (χ3v) is 8.05. The average Bonchev–Trinajstić information content (AvgIpc) is 2.74. The Morgan fingerprint density at radius 2 is 1.66 bits per heavy atom. The molecule has 1 saturated heterocycles. The number of rotatable bonds is 7. The molecule has 1 heterocycles. The molecule has 2 amide bonds. The SMILES string of the molecule is CC1CCCC(C)N1S(=O)(=O)c1ccc(NC(=O)CCNC(=O)c2ccccc2Cl)cc1. The van der Waals surface area contributed by atoms with Gasteiger partial charge in [-0.25, -0.2) is 8.42 Å². The molecule has 2 unspecified atom stereocenters. The molecule has 1 aliphatic rings. The number of nitrogens with zero attached hydrogens (tertiary/aromatic N) is 1. The van der Waals surface area contributed by atoms with Gasteiger partial charge in [-0.3, -0.25) is 9.59 Å². The summed E-state index contributed by atoms with van der Waals surface area (Å²) >= 11 is 5.99. The van der Waals surface area contributed by atoms with Crippen LogP contribution in [0.2, 0.25) is 5.02 Å². The molecule has 2 atom stereocenters. The molecule has 2 aromatic rings. The van der Waals surface area contributed by atoms with E-state index in [1.165, 1.54) is 12.1 Å². The predicted molar refractivity (Wildman–Crippen MR) is 125 cm³/mol. The summed E-state index contributed by atoms with van der Waals surface area (Å²) in [4.78, 5) is 24.5. The van der Waals surface area contributed by atoms with E-state index in [1.54, 1.807) is 40.7 Å². The predicted octanol–water partition coefficient (Wildman–Crippen LogP) is 4.05. The van der Waals surface area contributed by atoms with Crippen molar-refractivity contribution in [3.8, 4) is 0 Å². The van der Waals surface area contributed by atoms with Crippen molar-refractivity contribution in [2.45, 2.75) is 56.5 Å². The van der Waals surface area contributed by atoms with E-state index in [2.05, 4.69) is 10.6 Å². The van der Waals surface area contributed by atoms with Gasteiger partial charge in [0.25, 0.3) is 5.91 Å². The second-order valence-corrected chi connectivity index (χ2v) is 10.3. The first-order valence-electron chi connectivity index (χ1n) is 10.7. The molecule has 2 aromatic carbocycles. The van der Waals surface area contributed by atoms with Crippen molar-refractivity contribution in [2.75, 3.05) is 11.9 Å². The summed E-state index contributed by atoms with van der Waals surface area (Å²) in [7, 11) is -3.60. The van der Waals surface area contributed by atoms with E-state index in [1.807, 2.05) is 13.8 Å². The van der Waals surface area contributed by atoms with Crippen LogP contribution in [0.4, 0.5) is 5.69 Å². The van der Waals surface area contributed by atoms with E-state index >= 15 is 0 Å². The first-order valence-corrected chi connectivity index (χ1v) is 12.5. The maximum absolute atomic E-state index is 13.1. The number of amides is 2. The Kier molecular flexibility index (Phi) is 7.92. The average molecular weight is 478 g/mol. The van der Waals surface area contributed by atoms with Crippen LogP contribution < -0.4 is 10.6 Å². The molecule has 7 nitrogen and oxygen atoms in total. The van der Waals surface area contributed by atoms with Gasteiger partial charge in [-0.15, -0.1) is 0 Å². The highest BCUT2D eigenvalue weighted by molar-refractivity contribution is 7.89. The summed E-state index contributed by atoms with van der Waals surface area (Å²) in [6, 6.07) is 12.8. The molecule has 3 rings (SSSR count). The molecular weight excluding hydrogens is 450 g/mol. The summed E-state index contributed by atoms with van der Waals surface area (Å²) < 4.78 is 27.7. The lowest BCUT2D eigenvalue weighted by Gasteiger charge is -2.37. The van der Waals surface area contributed by atoms with Crippen molar-refractivity contribution in [3.05, 3.63) is 59.1 Å². The molecule has 0 bridgehead atoms. The minimum absolute atomic E-state index is 0.0379. The van der Waals surface area contributed by atoms with Gasteiger partial charge >= 0.3 is 0 Å². The zero-order valence-electron chi connectivity index (χ0n) is 18.2. The van der Waals surface area contributed by atoms with Crippen LogP contribution in [-0.2, 0) is 14.8 Å². The Labute approximate surface area is 194 Å². The molecule has 1 aliphatic heterocycles. The topological polar surface area (TPSA) is 95.6 Å². The number of sulfonamides is 1. The zero-order valence-corrected chi connectivity index (χ0v) is 19.7. The fourth-order valence-corrected chi connectivity index (χ4v) is 6.06. The molecular formula is C23H28ClN3O4S. The number of hydrogen-bond acceptors (Lipinski definition) is 4. The van der Waals surface area contributed by atoms with Gasteiger partial charge in [-0.2, -0.15) is 4.31 Å². The summed E-state index contributed by atoms with van der Waals surface area (Å²) in [6.45, 7) is 4.02. The van der Waals surface area contributed by atoms with E-state index in [9.17, 15) is 18.0 Å². The van der Waals surface area contributed by atoms with Crippen molar-refractivity contribution in [1.82, 2.24) is 9.62 Å². The Morgan fingerprint density at radius 1 is 1.03 bits per heavy atom. The fourth-order valence-electron chi connectivity index (χ4n) is 3.96. The maximum Gasteiger partial charge on any atom is 0.252 e. The Hall–Kier alpha value is -2.42. The van der Waals surface area contributed by atoms with Crippen LogP contribution in [0.25, 0.3) is 0 Å². The molecule has 2 N–H and O–H groups in total. The molecule has 0 aromatic heterocycles. The minimum Gasteiger partial charge on any atom is -0.351 e.